The molecule has 1 unspecified atom stereocenters. The van der Waals surface area contributed by atoms with Gasteiger partial charge in [0.1, 0.15) is 11.6 Å². The number of hydrogen-bond acceptors (Lipinski definition) is 2. The van der Waals surface area contributed by atoms with E-state index in [1.54, 1.807) is 11.3 Å². The maximum absolute atomic E-state index is 13.0. The Balaban J connectivity index is 2.00. The SMILES string of the molecule is NC(Cc1cc(F)cc(F)c1)Cc1cc(Br)cs1. The normalized spacial score (nSPS) is 12.7. The van der Waals surface area contributed by atoms with Gasteiger partial charge in [0, 0.05) is 26.8 Å². The van der Waals surface area contributed by atoms with E-state index in [-0.39, 0.29) is 6.04 Å². The highest BCUT2D eigenvalue weighted by Crippen LogP contribution is 2.21. The summed E-state index contributed by atoms with van der Waals surface area (Å²) in [7, 11) is 0. The molecule has 0 aliphatic carbocycles. The minimum Gasteiger partial charge on any atom is -0.327 e. The molecule has 5 heteroatoms. The second kappa shape index (κ2) is 5.91. The molecule has 0 aliphatic rings. The molecule has 1 nitrogen and oxygen atoms in total. The standard InChI is InChI=1S/C13H12BrF2NS/c14-9-4-13(18-7-9)6-12(17)3-8-1-10(15)5-11(16)2-8/h1-2,4-5,7,12H,3,6,17H2. The predicted molar refractivity (Wildman–Crippen MR) is 73.8 cm³/mol. The van der Waals surface area contributed by atoms with Gasteiger partial charge in [0.25, 0.3) is 0 Å². The Kier molecular flexibility index (Phi) is 4.48. The average Bonchev–Trinajstić information content (AvgIpc) is 2.61. The fourth-order valence-electron chi connectivity index (χ4n) is 1.82. The van der Waals surface area contributed by atoms with Crippen LogP contribution in [0.4, 0.5) is 8.78 Å². The second-order valence-electron chi connectivity index (χ2n) is 4.18. The van der Waals surface area contributed by atoms with E-state index in [1.807, 2.05) is 11.4 Å². The topological polar surface area (TPSA) is 26.0 Å². The molecule has 0 amide bonds. The first-order valence-corrected chi connectivity index (χ1v) is 7.13. The lowest BCUT2D eigenvalue weighted by molar-refractivity contribution is 0.574. The van der Waals surface area contributed by atoms with Crippen molar-refractivity contribution >= 4 is 27.3 Å². The molecule has 0 fully saturated rings. The van der Waals surface area contributed by atoms with Crippen LogP contribution in [0.15, 0.2) is 34.1 Å². The summed E-state index contributed by atoms with van der Waals surface area (Å²) in [5, 5.41) is 1.99. The molecule has 18 heavy (non-hydrogen) atoms. The summed E-state index contributed by atoms with van der Waals surface area (Å²) < 4.78 is 27.1. The van der Waals surface area contributed by atoms with E-state index in [2.05, 4.69) is 15.9 Å². The molecule has 1 atom stereocenters. The van der Waals surface area contributed by atoms with Crippen LogP contribution in [0.25, 0.3) is 0 Å². The predicted octanol–water partition coefficient (Wildman–Crippen LogP) is 3.90. The quantitative estimate of drug-likeness (QED) is 0.903. The van der Waals surface area contributed by atoms with Gasteiger partial charge in [-0.2, -0.15) is 0 Å². The Bertz CT molecular complexity index is 521. The lowest BCUT2D eigenvalue weighted by atomic mass is 10.0. The number of nitrogens with two attached hydrogens (primary N) is 1. The van der Waals surface area contributed by atoms with Crippen molar-refractivity contribution in [3.63, 3.8) is 0 Å². The van der Waals surface area contributed by atoms with Crippen molar-refractivity contribution in [2.24, 2.45) is 5.73 Å². The van der Waals surface area contributed by atoms with Crippen LogP contribution in [0.3, 0.4) is 0 Å². The molecule has 0 bridgehead atoms. The lowest BCUT2D eigenvalue weighted by Gasteiger charge is -2.10. The largest absolute Gasteiger partial charge is 0.327 e. The fourth-order valence-corrected chi connectivity index (χ4v) is 3.37. The molecule has 1 aromatic carbocycles. The fraction of sp³-hybridized carbons (Fsp3) is 0.231. The molecule has 96 valence electrons. The van der Waals surface area contributed by atoms with Gasteiger partial charge in [0.2, 0.25) is 0 Å². The molecule has 1 heterocycles. The molecule has 0 aliphatic heterocycles. The molecule has 0 saturated carbocycles. The summed E-state index contributed by atoms with van der Waals surface area (Å²) in [5.74, 6) is -1.12. The molecular weight excluding hydrogens is 320 g/mol. The van der Waals surface area contributed by atoms with Gasteiger partial charge in [-0.05, 0) is 52.5 Å². The molecule has 0 saturated heterocycles. The molecule has 2 rings (SSSR count). The van der Waals surface area contributed by atoms with Gasteiger partial charge < -0.3 is 5.73 Å². The van der Waals surface area contributed by atoms with E-state index in [4.69, 9.17) is 5.73 Å². The van der Waals surface area contributed by atoms with Crippen LogP contribution in [-0.2, 0) is 12.8 Å². The summed E-state index contributed by atoms with van der Waals surface area (Å²) in [4.78, 5) is 1.16. The number of thiophene rings is 1. The van der Waals surface area contributed by atoms with Crippen molar-refractivity contribution < 1.29 is 8.78 Å². The molecular formula is C13H12BrF2NS. The van der Waals surface area contributed by atoms with E-state index < -0.39 is 11.6 Å². The van der Waals surface area contributed by atoms with E-state index in [0.717, 1.165) is 15.4 Å². The Morgan fingerprint density at radius 1 is 1.11 bits per heavy atom. The van der Waals surface area contributed by atoms with Gasteiger partial charge in [0.15, 0.2) is 0 Å². The molecule has 2 N–H and O–H groups in total. The van der Waals surface area contributed by atoms with Gasteiger partial charge >= 0.3 is 0 Å². The summed E-state index contributed by atoms with van der Waals surface area (Å²) in [6.45, 7) is 0. The van der Waals surface area contributed by atoms with Gasteiger partial charge in [-0.25, -0.2) is 8.78 Å². The smallest absolute Gasteiger partial charge is 0.126 e. The summed E-state index contributed by atoms with van der Waals surface area (Å²) in [6.07, 6.45) is 1.17. The minimum absolute atomic E-state index is 0.142. The van der Waals surface area contributed by atoms with Gasteiger partial charge in [-0.3, -0.25) is 0 Å². The Hall–Kier alpha value is -0.780. The summed E-state index contributed by atoms with van der Waals surface area (Å²) in [5.41, 5.74) is 6.59. The van der Waals surface area contributed by atoms with Crippen molar-refractivity contribution in [1.29, 1.82) is 0 Å². The minimum atomic E-state index is -0.559. The molecule has 2 aromatic rings. The van der Waals surface area contributed by atoms with Gasteiger partial charge in [0.05, 0.1) is 0 Å². The average molecular weight is 332 g/mol. The van der Waals surface area contributed by atoms with Crippen molar-refractivity contribution in [2.45, 2.75) is 18.9 Å². The van der Waals surface area contributed by atoms with Crippen molar-refractivity contribution in [2.75, 3.05) is 0 Å². The third-order valence-electron chi connectivity index (χ3n) is 2.51. The van der Waals surface area contributed by atoms with Gasteiger partial charge in [-0.1, -0.05) is 0 Å². The maximum atomic E-state index is 13.0. The molecule has 0 spiro atoms. The van der Waals surface area contributed by atoms with Crippen LogP contribution in [0.5, 0.6) is 0 Å². The first kappa shape index (κ1) is 13.6. The van der Waals surface area contributed by atoms with Crippen LogP contribution < -0.4 is 5.73 Å². The van der Waals surface area contributed by atoms with Crippen molar-refractivity contribution in [3.8, 4) is 0 Å². The first-order valence-electron chi connectivity index (χ1n) is 5.46. The first-order chi connectivity index (χ1) is 8.52. The summed E-state index contributed by atoms with van der Waals surface area (Å²) in [6, 6.07) is 5.39. The Morgan fingerprint density at radius 2 is 1.78 bits per heavy atom. The number of hydrogen-bond donors (Lipinski definition) is 1. The second-order valence-corrected chi connectivity index (χ2v) is 6.09. The van der Waals surface area contributed by atoms with Crippen LogP contribution in [0, 0.1) is 11.6 Å². The maximum Gasteiger partial charge on any atom is 0.126 e. The zero-order chi connectivity index (χ0) is 13.1. The van der Waals surface area contributed by atoms with Crippen LogP contribution in [-0.4, -0.2) is 6.04 Å². The van der Waals surface area contributed by atoms with Crippen LogP contribution in [0.2, 0.25) is 0 Å². The number of benzene rings is 1. The Morgan fingerprint density at radius 3 is 2.33 bits per heavy atom. The van der Waals surface area contributed by atoms with Crippen molar-refractivity contribution in [3.05, 3.63) is 56.2 Å². The zero-order valence-corrected chi connectivity index (χ0v) is 11.9. The molecule has 1 aromatic heterocycles. The van der Waals surface area contributed by atoms with E-state index in [1.165, 1.54) is 12.1 Å². The van der Waals surface area contributed by atoms with Crippen LogP contribution in [0.1, 0.15) is 10.4 Å². The van der Waals surface area contributed by atoms with E-state index in [9.17, 15) is 8.78 Å². The van der Waals surface area contributed by atoms with E-state index in [0.29, 0.717) is 18.4 Å². The number of halogens is 3. The van der Waals surface area contributed by atoms with E-state index >= 15 is 0 Å². The van der Waals surface area contributed by atoms with Crippen molar-refractivity contribution in [1.82, 2.24) is 0 Å². The number of rotatable bonds is 4. The van der Waals surface area contributed by atoms with Crippen LogP contribution >= 0.6 is 27.3 Å². The lowest BCUT2D eigenvalue weighted by Crippen LogP contribution is -2.25. The summed E-state index contributed by atoms with van der Waals surface area (Å²) >= 11 is 5.00. The Labute approximate surface area is 117 Å². The monoisotopic (exact) mass is 331 g/mol. The highest BCUT2D eigenvalue weighted by molar-refractivity contribution is 9.10. The van der Waals surface area contributed by atoms with Gasteiger partial charge in [-0.15, -0.1) is 11.3 Å². The molecule has 0 radical (unpaired) electrons. The third kappa shape index (κ3) is 3.86. The third-order valence-corrected chi connectivity index (χ3v) is 4.23. The highest BCUT2D eigenvalue weighted by Gasteiger charge is 2.09. The highest BCUT2D eigenvalue weighted by atomic mass is 79.9. The zero-order valence-electron chi connectivity index (χ0n) is 9.50.